The Morgan fingerprint density at radius 2 is 1.39 bits per heavy atom. The predicted molar refractivity (Wildman–Crippen MR) is 134 cm³/mol. The highest BCUT2D eigenvalue weighted by molar-refractivity contribution is 5.84. The van der Waals surface area contributed by atoms with Crippen LogP contribution in [0.2, 0.25) is 0 Å². The van der Waals surface area contributed by atoms with Crippen molar-refractivity contribution in [3.63, 3.8) is 0 Å². The second-order valence-corrected chi connectivity index (χ2v) is 9.21. The summed E-state index contributed by atoms with van der Waals surface area (Å²) in [4.78, 5) is 9.84. The number of unbranched alkanes of at least 4 members (excludes halogenated alkanes) is 2. The molecule has 0 amide bonds. The molecule has 2 aliphatic rings. The van der Waals surface area contributed by atoms with Crippen LogP contribution in [-0.2, 0) is 0 Å². The van der Waals surface area contributed by atoms with E-state index in [1.165, 1.54) is 65.1 Å². The lowest BCUT2D eigenvalue weighted by atomic mass is 10.1. The summed E-state index contributed by atoms with van der Waals surface area (Å²) in [6.07, 6.45) is 9.40. The van der Waals surface area contributed by atoms with Crippen LogP contribution in [0.5, 0.6) is 0 Å². The first-order chi connectivity index (χ1) is 15.0. The lowest BCUT2D eigenvalue weighted by Crippen LogP contribution is -2.29. The van der Waals surface area contributed by atoms with Gasteiger partial charge in [0.1, 0.15) is 0 Å². The quantitative estimate of drug-likeness (QED) is 0.474. The Morgan fingerprint density at radius 1 is 0.710 bits per heavy atom. The molecule has 4 rings (SSSR count). The molecule has 0 unspecified atom stereocenters. The van der Waals surface area contributed by atoms with Crippen molar-refractivity contribution >= 4 is 22.7 Å². The Kier molecular flexibility index (Phi) is 6.45. The largest absolute Gasteiger partial charge is 0.358 e. The van der Waals surface area contributed by atoms with E-state index in [1.807, 2.05) is 0 Å². The van der Waals surface area contributed by atoms with Crippen LogP contribution in [0.1, 0.15) is 56.2 Å². The van der Waals surface area contributed by atoms with Gasteiger partial charge in [-0.2, -0.15) is 0 Å². The van der Waals surface area contributed by atoms with Crippen LogP contribution in [0.25, 0.3) is 0 Å². The van der Waals surface area contributed by atoms with E-state index in [-0.39, 0.29) is 0 Å². The van der Waals surface area contributed by atoms with Crippen molar-refractivity contribution in [1.29, 1.82) is 0 Å². The van der Waals surface area contributed by atoms with Gasteiger partial charge in [-0.1, -0.05) is 26.7 Å². The molecule has 31 heavy (non-hydrogen) atoms. The van der Waals surface area contributed by atoms with E-state index in [9.17, 15) is 0 Å². The molecular weight excluding hydrogens is 380 g/mol. The molecule has 0 saturated carbocycles. The maximum absolute atomic E-state index is 2.55. The number of hydrogen-bond acceptors (Lipinski definition) is 4. The number of rotatable bonds is 8. The molecule has 0 radical (unpaired) electrons. The molecule has 4 heteroatoms. The van der Waals surface area contributed by atoms with Gasteiger partial charge in [-0.15, -0.1) is 0 Å². The second kappa shape index (κ2) is 9.25. The van der Waals surface area contributed by atoms with Gasteiger partial charge in [0, 0.05) is 36.9 Å². The van der Waals surface area contributed by atoms with Crippen LogP contribution in [-0.4, -0.2) is 31.3 Å². The van der Waals surface area contributed by atoms with Gasteiger partial charge in [-0.05, 0) is 80.6 Å². The minimum Gasteiger partial charge on any atom is -0.358 e. The van der Waals surface area contributed by atoms with E-state index in [0.717, 1.165) is 26.4 Å². The third-order valence-electron chi connectivity index (χ3n) is 6.60. The molecule has 166 valence electrons. The van der Waals surface area contributed by atoms with Gasteiger partial charge >= 0.3 is 0 Å². The fraction of sp³-hybridized carbons (Fsp3) is 0.481. The number of benzene rings is 2. The van der Waals surface area contributed by atoms with Crippen molar-refractivity contribution in [2.24, 2.45) is 0 Å². The molecule has 0 fully saturated rings. The standard InChI is InChI=1S/C27H38N4/c1-6-8-10-28-12-13-29(19-28)24-14-21(3)15-25(18-24)31-20-30(11-9-7-2)26-16-22(4)23(5)17-27(26)31/h12-18H,6-11,19-20H2,1-5H3. The molecule has 2 aliphatic heterocycles. The zero-order chi connectivity index (χ0) is 22.0. The third kappa shape index (κ3) is 4.53. The summed E-state index contributed by atoms with van der Waals surface area (Å²) < 4.78 is 0. The number of hydrogen-bond donors (Lipinski definition) is 0. The monoisotopic (exact) mass is 418 g/mol. The highest BCUT2D eigenvalue weighted by Crippen LogP contribution is 2.43. The van der Waals surface area contributed by atoms with Crippen LogP contribution >= 0.6 is 0 Å². The normalized spacial score (nSPS) is 15.4. The SMILES string of the molecule is CCCCN1C=CN(c2cc(C)cc(N3CN(CCCC)c4cc(C)c(C)cc43)c2)C1. The van der Waals surface area contributed by atoms with Gasteiger partial charge in [0.05, 0.1) is 24.7 Å². The molecule has 0 spiro atoms. The highest BCUT2D eigenvalue weighted by atomic mass is 15.4. The van der Waals surface area contributed by atoms with Gasteiger partial charge in [0.15, 0.2) is 0 Å². The van der Waals surface area contributed by atoms with Crippen LogP contribution in [0.15, 0.2) is 42.7 Å². The zero-order valence-corrected chi connectivity index (χ0v) is 20.0. The second-order valence-electron chi connectivity index (χ2n) is 9.21. The van der Waals surface area contributed by atoms with Gasteiger partial charge in [-0.25, -0.2) is 0 Å². The topological polar surface area (TPSA) is 13.0 Å². The molecule has 2 aromatic rings. The third-order valence-corrected chi connectivity index (χ3v) is 6.60. The molecule has 2 aromatic carbocycles. The summed E-state index contributed by atoms with van der Waals surface area (Å²) >= 11 is 0. The summed E-state index contributed by atoms with van der Waals surface area (Å²) in [5.41, 5.74) is 9.35. The molecule has 0 aromatic heterocycles. The molecule has 0 saturated heterocycles. The predicted octanol–water partition coefficient (Wildman–Crippen LogP) is 6.68. The van der Waals surface area contributed by atoms with Crippen molar-refractivity contribution in [2.75, 3.05) is 41.1 Å². The van der Waals surface area contributed by atoms with Crippen molar-refractivity contribution in [2.45, 2.75) is 60.3 Å². The minimum absolute atomic E-state index is 0.930. The van der Waals surface area contributed by atoms with Gasteiger partial charge in [-0.3, -0.25) is 0 Å². The molecule has 0 N–H and O–H groups in total. The number of anilines is 4. The summed E-state index contributed by atoms with van der Waals surface area (Å²) in [6, 6.07) is 11.8. The fourth-order valence-electron chi connectivity index (χ4n) is 4.54. The van der Waals surface area contributed by atoms with Crippen LogP contribution in [0.3, 0.4) is 0 Å². The van der Waals surface area contributed by atoms with Crippen molar-refractivity contribution < 1.29 is 0 Å². The number of nitrogens with zero attached hydrogens (tertiary/aromatic N) is 4. The van der Waals surface area contributed by atoms with Crippen LogP contribution < -0.4 is 14.7 Å². The van der Waals surface area contributed by atoms with Gasteiger partial charge in [0.2, 0.25) is 0 Å². The molecule has 0 bridgehead atoms. The van der Waals surface area contributed by atoms with E-state index in [1.54, 1.807) is 0 Å². The maximum Gasteiger partial charge on any atom is 0.0953 e. The molecular formula is C27H38N4. The Morgan fingerprint density at radius 3 is 2.13 bits per heavy atom. The summed E-state index contributed by atoms with van der Waals surface area (Å²) in [7, 11) is 0. The Hall–Kier alpha value is -2.62. The van der Waals surface area contributed by atoms with E-state index >= 15 is 0 Å². The molecule has 4 nitrogen and oxygen atoms in total. The molecule has 2 heterocycles. The van der Waals surface area contributed by atoms with E-state index in [2.05, 4.69) is 97.0 Å². The molecule has 0 atom stereocenters. The van der Waals surface area contributed by atoms with Gasteiger partial charge in [0.25, 0.3) is 0 Å². The number of aryl methyl sites for hydroxylation is 3. The number of fused-ring (bicyclic) bond motifs is 1. The van der Waals surface area contributed by atoms with Gasteiger partial charge < -0.3 is 19.6 Å². The summed E-state index contributed by atoms with van der Waals surface area (Å²) in [5, 5.41) is 0. The molecule has 0 aliphatic carbocycles. The van der Waals surface area contributed by atoms with Crippen molar-refractivity contribution in [3.8, 4) is 0 Å². The van der Waals surface area contributed by atoms with E-state index in [0.29, 0.717) is 0 Å². The summed E-state index contributed by atoms with van der Waals surface area (Å²) in [5.74, 6) is 0. The Labute approximate surface area is 188 Å². The average Bonchev–Trinajstić information content (AvgIpc) is 3.36. The lowest BCUT2D eigenvalue weighted by Gasteiger charge is -2.25. The van der Waals surface area contributed by atoms with Crippen molar-refractivity contribution in [3.05, 3.63) is 59.4 Å². The minimum atomic E-state index is 0.930. The fourth-order valence-corrected chi connectivity index (χ4v) is 4.54. The first-order valence-electron chi connectivity index (χ1n) is 11.9. The lowest BCUT2D eigenvalue weighted by molar-refractivity contribution is 0.396. The first-order valence-corrected chi connectivity index (χ1v) is 11.9. The van der Waals surface area contributed by atoms with E-state index in [4.69, 9.17) is 0 Å². The smallest absolute Gasteiger partial charge is 0.0953 e. The Bertz CT molecular complexity index is 948. The van der Waals surface area contributed by atoms with Crippen molar-refractivity contribution in [1.82, 2.24) is 4.90 Å². The van der Waals surface area contributed by atoms with Crippen LogP contribution in [0, 0.1) is 20.8 Å². The maximum atomic E-state index is 2.55. The highest BCUT2D eigenvalue weighted by Gasteiger charge is 2.28. The van der Waals surface area contributed by atoms with Crippen LogP contribution in [0.4, 0.5) is 22.7 Å². The summed E-state index contributed by atoms with van der Waals surface area (Å²) in [6.45, 7) is 15.3. The average molecular weight is 419 g/mol. The van der Waals surface area contributed by atoms with E-state index < -0.39 is 0 Å². The first kappa shape index (κ1) is 21.6. The zero-order valence-electron chi connectivity index (χ0n) is 20.0. The Balaban J connectivity index is 1.63.